The summed E-state index contributed by atoms with van der Waals surface area (Å²) in [6, 6.07) is 5.87. The molecule has 1 N–H and O–H groups in total. The zero-order chi connectivity index (χ0) is 12.0. The summed E-state index contributed by atoms with van der Waals surface area (Å²) in [5, 5.41) is 3.16. The number of nitrogens with zero attached hydrogens (tertiary/aromatic N) is 2. The lowest BCUT2D eigenvalue weighted by molar-refractivity contribution is -0.128. The van der Waals surface area contributed by atoms with Crippen molar-refractivity contribution in [2.24, 2.45) is 0 Å². The van der Waals surface area contributed by atoms with Crippen molar-refractivity contribution in [1.82, 2.24) is 15.2 Å². The van der Waals surface area contributed by atoms with Crippen molar-refractivity contribution in [3.63, 3.8) is 0 Å². The van der Waals surface area contributed by atoms with Crippen molar-refractivity contribution < 1.29 is 4.79 Å². The number of hydrogen-bond acceptors (Lipinski definition) is 3. The summed E-state index contributed by atoms with van der Waals surface area (Å²) >= 11 is 0. The number of pyridine rings is 1. The summed E-state index contributed by atoms with van der Waals surface area (Å²) in [5.41, 5.74) is 0.953. The molecule has 0 aliphatic heterocycles. The number of rotatable bonds is 5. The topological polar surface area (TPSA) is 45.2 Å². The number of carbonyl (C=O) groups excluding carboxylic acids is 1. The van der Waals surface area contributed by atoms with Crippen molar-refractivity contribution in [3.8, 4) is 0 Å². The molecule has 4 nitrogen and oxygen atoms in total. The van der Waals surface area contributed by atoms with Gasteiger partial charge in [0.25, 0.3) is 0 Å². The van der Waals surface area contributed by atoms with Crippen LogP contribution in [0.4, 0.5) is 0 Å². The highest BCUT2D eigenvalue weighted by Gasteiger charge is 2.10. The maximum atomic E-state index is 11.6. The van der Waals surface area contributed by atoms with Crippen molar-refractivity contribution >= 4 is 5.91 Å². The molecule has 1 heterocycles. The van der Waals surface area contributed by atoms with Crippen LogP contribution in [0.15, 0.2) is 24.4 Å². The van der Waals surface area contributed by atoms with Gasteiger partial charge in [-0.05, 0) is 26.0 Å². The SMILES string of the molecule is CCN(C)C(=O)CN[C@@H](C)c1ccccn1. The van der Waals surface area contributed by atoms with Crippen LogP contribution < -0.4 is 5.32 Å². The summed E-state index contributed by atoms with van der Waals surface area (Å²) in [6.45, 7) is 5.04. The minimum absolute atomic E-state index is 0.0930. The van der Waals surface area contributed by atoms with E-state index in [9.17, 15) is 4.79 Å². The van der Waals surface area contributed by atoms with Gasteiger partial charge >= 0.3 is 0 Å². The van der Waals surface area contributed by atoms with E-state index in [1.165, 1.54) is 0 Å². The van der Waals surface area contributed by atoms with Gasteiger partial charge in [0.05, 0.1) is 12.2 Å². The van der Waals surface area contributed by atoms with E-state index in [-0.39, 0.29) is 11.9 Å². The summed E-state index contributed by atoms with van der Waals surface area (Å²) in [6.07, 6.45) is 1.76. The Morgan fingerprint density at radius 2 is 2.31 bits per heavy atom. The Bertz CT molecular complexity index is 326. The van der Waals surface area contributed by atoms with Gasteiger partial charge < -0.3 is 10.2 Å². The van der Waals surface area contributed by atoms with E-state index in [0.29, 0.717) is 6.54 Å². The van der Waals surface area contributed by atoms with Gasteiger partial charge in [-0.2, -0.15) is 0 Å². The Balaban J connectivity index is 2.42. The number of hydrogen-bond donors (Lipinski definition) is 1. The van der Waals surface area contributed by atoms with Crippen LogP contribution in [0.3, 0.4) is 0 Å². The molecular formula is C12H19N3O. The number of nitrogens with one attached hydrogen (secondary N) is 1. The van der Waals surface area contributed by atoms with Gasteiger partial charge in [-0.15, -0.1) is 0 Å². The van der Waals surface area contributed by atoms with Crippen LogP contribution in [0.5, 0.6) is 0 Å². The number of carbonyl (C=O) groups is 1. The second kappa shape index (κ2) is 6.23. The standard InChI is InChI=1S/C12H19N3O/c1-4-15(3)12(16)9-14-10(2)11-7-5-6-8-13-11/h5-8,10,14H,4,9H2,1-3H3/t10-/m0/s1. The highest BCUT2D eigenvalue weighted by molar-refractivity contribution is 5.77. The predicted molar refractivity (Wildman–Crippen MR) is 64.0 cm³/mol. The first-order valence-electron chi connectivity index (χ1n) is 5.53. The minimum Gasteiger partial charge on any atom is -0.345 e. The lowest BCUT2D eigenvalue weighted by Crippen LogP contribution is -2.36. The van der Waals surface area contributed by atoms with Crippen molar-refractivity contribution in [3.05, 3.63) is 30.1 Å². The molecule has 0 saturated heterocycles. The summed E-state index contributed by atoms with van der Waals surface area (Å²) < 4.78 is 0. The van der Waals surface area contributed by atoms with E-state index >= 15 is 0 Å². The minimum atomic E-state index is 0.0930. The molecule has 0 aliphatic rings. The van der Waals surface area contributed by atoms with E-state index in [1.807, 2.05) is 32.0 Å². The third kappa shape index (κ3) is 3.62. The van der Waals surface area contributed by atoms with Gasteiger partial charge in [0.15, 0.2) is 0 Å². The van der Waals surface area contributed by atoms with Crippen LogP contribution in [0.25, 0.3) is 0 Å². The first-order valence-corrected chi connectivity index (χ1v) is 5.53. The average Bonchev–Trinajstić information content (AvgIpc) is 2.35. The molecule has 16 heavy (non-hydrogen) atoms. The summed E-state index contributed by atoms with van der Waals surface area (Å²) in [7, 11) is 1.80. The number of likely N-dealkylation sites (N-methyl/N-ethyl adjacent to an activating group) is 1. The van der Waals surface area contributed by atoms with Crippen LogP contribution in [0, 0.1) is 0 Å². The fourth-order valence-corrected chi connectivity index (χ4v) is 1.29. The smallest absolute Gasteiger partial charge is 0.236 e. The Morgan fingerprint density at radius 1 is 1.56 bits per heavy atom. The molecule has 0 saturated carbocycles. The summed E-state index contributed by atoms with van der Waals surface area (Å²) in [4.78, 5) is 17.5. The Kier molecular flexibility index (Phi) is 4.92. The van der Waals surface area contributed by atoms with Crippen LogP contribution in [0.1, 0.15) is 25.6 Å². The molecule has 1 amide bonds. The third-order valence-electron chi connectivity index (χ3n) is 2.59. The van der Waals surface area contributed by atoms with Gasteiger partial charge in [-0.25, -0.2) is 0 Å². The van der Waals surface area contributed by atoms with Crippen LogP contribution >= 0.6 is 0 Å². The van der Waals surface area contributed by atoms with Gasteiger partial charge in [0.2, 0.25) is 5.91 Å². The van der Waals surface area contributed by atoms with Crippen LogP contribution in [-0.2, 0) is 4.79 Å². The zero-order valence-electron chi connectivity index (χ0n) is 10.1. The van der Waals surface area contributed by atoms with Crippen molar-refractivity contribution in [2.45, 2.75) is 19.9 Å². The molecule has 4 heteroatoms. The normalized spacial score (nSPS) is 12.2. The fourth-order valence-electron chi connectivity index (χ4n) is 1.29. The molecule has 1 aromatic rings. The fraction of sp³-hybridized carbons (Fsp3) is 0.500. The maximum absolute atomic E-state index is 11.6. The van der Waals surface area contributed by atoms with Crippen molar-refractivity contribution in [2.75, 3.05) is 20.1 Å². The van der Waals surface area contributed by atoms with Crippen molar-refractivity contribution in [1.29, 1.82) is 0 Å². The Morgan fingerprint density at radius 3 is 2.88 bits per heavy atom. The second-order valence-corrected chi connectivity index (χ2v) is 3.77. The molecule has 0 radical (unpaired) electrons. The molecule has 1 aromatic heterocycles. The van der Waals surface area contributed by atoms with Crippen LogP contribution in [-0.4, -0.2) is 35.9 Å². The highest BCUT2D eigenvalue weighted by Crippen LogP contribution is 2.06. The molecule has 0 aromatic carbocycles. The Labute approximate surface area is 96.7 Å². The number of amides is 1. The first-order chi connectivity index (χ1) is 7.65. The monoisotopic (exact) mass is 221 g/mol. The Hall–Kier alpha value is -1.42. The van der Waals surface area contributed by atoms with E-state index in [0.717, 1.165) is 12.2 Å². The molecule has 0 spiro atoms. The van der Waals surface area contributed by atoms with Crippen LogP contribution in [0.2, 0.25) is 0 Å². The quantitative estimate of drug-likeness (QED) is 0.813. The second-order valence-electron chi connectivity index (χ2n) is 3.77. The number of aromatic nitrogens is 1. The predicted octanol–water partition coefficient (Wildman–Crippen LogP) is 1.21. The van der Waals surface area contributed by atoms with E-state index in [1.54, 1.807) is 18.1 Å². The molecule has 0 unspecified atom stereocenters. The molecule has 88 valence electrons. The van der Waals surface area contributed by atoms with Gasteiger partial charge in [-0.3, -0.25) is 9.78 Å². The lowest BCUT2D eigenvalue weighted by atomic mass is 10.2. The highest BCUT2D eigenvalue weighted by atomic mass is 16.2. The molecule has 0 bridgehead atoms. The molecule has 0 aliphatic carbocycles. The third-order valence-corrected chi connectivity index (χ3v) is 2.59. The molecule has 0 fully saturated rings. The molecule has 1 rings (SSSR count). The first kappa shape index (κ1) is 12.6. The van der Waals surface area contributed by atoms with E-state index < -0.39 is 0 Å². The largest absolute Gasteiger partial charge is 0.345 e. The molecule has 1 atom stereocenters. The molecular weight excluding hydrogens is 202 g/mol. The van der Waals surface area contributed by atoms with Gasteiger partial charge in [0, 0.05) is 25.8 Å². The zero-order valence-corrected chi connectivity index (χ0v) is 10.1. The maximum Gasteiger partial charge on any atom is 0.236 e. The van der Waals surface area contributed by atoms with E-state index in [2.05, 4.69) is 10.3 Å². The lowest BCUT2D eigenvalue weighted by Gasteiger charge is -2.17. The summed E-state index contributed by atoms with van der Waals surface area (Å²) in [5.74, 6) is 0.102. The van der Waals surface area contributed by atoms with Gasteiger partial charge in [0.1, 0.15) is 0 Å². The van der Waals surface area contributed by atoms with E-state index in [4.69, 9.17) is 0 Å². The average molecular weight is 221 g/mol. The van der Waals surface area contributed by atoms with Gasteiger partial charge in [-0.1, -0.05) is 6.07 Å².